The van der Waals surface area contributed by atoms with Crippen LogP contribution in [0.15, 0.2) is 36.0 Å². The zero-order chi connectivity index (χ0) is 18.5. The van der Waals surface area contributed by atoms with Gasteiger partial charge in [0.1, 0.15) is 11.2 Å². The maximum absolute atomic E-state index is 12.0. The summed E-state index contributed by atoms with van der Waals surface area (Å²) in [6.07, 6.45) is 1.44. The predicted octanol–water partition coefficient (Wildman–Crippen LogP) is 3.54. The number of hydrogen-bond acceptors (Lipinski definition) is 6. The molecule has 0 aliphatic rings. The van der Waals surface area contributed by atoms with Gasteiger partial charge in [-0.1, -0.05) is 23.7 Å². The molecule has 1 atom stereocenters. The van der Waals surface area contributed by atoms with Gasteiger partial charge in [0.05, 0.1) is 12.0 Å². The Hall–Kier alpha value is -2.22. The highest BCUT2D eigenvalue weighted by molar-refractivity contribution is 7.17. The summed E-state index contributed by atoms with van der Waals surface area (Å²) in [6, 6.07) is 7.43. The number of carbonyl (C=O) groups excluding carboxylic acids is 1. The number of aromatic nitrogens is 2. The molecule has 1 amide bonds. The number of ether oxygens (including phenoxy) is 2. The Kier molecular flexibility index (Phi) is 6.03. The van der Waals surface area contributed by atoms with Crippen LogP contribution in [0.25, 0.3) is 21.3 Å². The van der Waals surface area contributed by atoms with E-state index in [4.69, 9.17) is 21.1 Å². The van der Waals surface area contributed by atoms with Gasteiger partial charge in [-0.05, 0) is 24.6 Å². The summed E-state index contributed by atoms with van der Waals surface area (Å²) in [5.74, 6) is 0.153. The number of thiophene rings is 1. The van der Waals surface area contributed by atoms with Crippen molar-refractivity contribution in [3.63, 3.8) is 0 Å². The molecular weight excluding hydrogens is 374 g/mol. The molecule has 0 unspecified atom stereocenters. The summed E-state index contributed by atoms with van der Waals surface area (Å²) in [7, 11) is 1.59. The maximum Gasteiger partial charge on any atom is 0.258 e. The minimum Gasteiger partial charge on any atom is -0.467 e. The van der Waals surface area contributed by atoms with E-state index in [1.54, 1.807) is 7.11 Å². The first-order valence-electron chi connectivity index (χ1n) is 7.97. The quantitative estimate of drug-likeness (QED) is 0.666. The molecule has 0 saturated heterocycles. The van der Waals surface area contributed by atoms with Crippen molar-refractivity contribution in [2.75, 3.05) is 20.3 Å². The van der Waals surface area contributed by atoms with Gasteiger partial charge in [0, 0.05) is 29.1 Å². The van der Waals surface area contributed by atoms with Crippen molar-refractivity contribution in [1.82, 2.24) is 15.3 Å². The lowest BCUT2D eigenvalue weighted by molar-refractivity contribution is -0.124. The number of methoxy groups -OCH3 is 1. The molecule has 2 heterocycles. The van der Waals surface area contributed by atoms with Crippen LogP contribution in [-0.4, -0.2) is 42.2 Å². The molecule has 0 aliphatic heterocycles. The Balaban J connectivity index is 1.81. The molecule has 1 N–H and O–H groups in total. The van der Waals surface area contributed by atoms with Gasteiger partial charge in [0.15, 0.2) is 6.61 Å². The van der Waals surface area contributed by atoms with Gasteiger partial charge in [-0.25, -0.2) is 9.97 Å². The van der Waals surface area contributed by atoms with Crippen molar-refractivity contribution >= 4 is 39.1 Å². The van der Waals surface area contributed by atoms with Gasteiger partial charge >= 0.3 is 0 Å². The van der Waals surface area contributed by atoms with E-state index < -0.39 is 0 Å². The summed E-state index contributed by atoms with van der Waals surface area (Å²) >= 11 is 7.47. The van der Waals surface area contributed by atoms with E-state index in [0.717, 1.165) is 21.3 Å². The first-order valence-corrected chi connectivity index (χ1v) is 9.23. The number of nitrogens with zero attached hydrogens (tertiary/aromatic N) is 2. The second-order valence-corrected chi connectivity index (χ2v) is 7.02. The summed E-state index contributed by atoms with van der Waals surface area (Å²) in [4.78, 5) is 21.3. The Bertz CT molecular complexity index is 898. The largest absolute Gasteiger partial charge is 0.467 e. The summed E-state index contributed by atoms with van der Waals surface area (Å²) in [6.45, 7) is 2.17. The van der Waals surface area contributed by atoms with Crippen molar-refractivity contribution in [2.24, 2.45) is 0 Å². The number of benzene rings is 1. The number of nitrogens with one attached hydrogen (secondary N) is 1. The van der Waals surface area contributed by atoms with Crippen LogP contribution in [0, 0.1) is 0 Å². The number of carbonyl (C=O) groups is 1. The van der Waals surface area contributed by atoms with Crippen molar-refractivity contribution in [3.05, 3.63) is 41.0 Å². The van der Waals surface area contributed by atoms with Crippen LogP contribution in [0.2, 0.25) is 5.02 Å². The van der Waals surface area contributed by atoms with Crippen LogP contribution in [0.5, 0.6) is 5.88 Å². The molecule has 2 aromatic heterocycles. The van der Waals surface area contributed by atoms with E-state index in [9.17, 15) is 4.79 Å². The van der Waals surface area contributed by atoms with Gasteiger partial charge < -0.3 is 14.8 Å². The number of rotatable bonds is 7. The summed E-state index contributed by atoms with van der Waals surface area (Å²) < 4.78 is 10.7. The highest BCUT2D eigenvalue weighted by atomic mass is 35.5. The lowest BCUT2D eigenvalue weighted by atomic mass is 10.1. The molecule has 6 nitrogen and oxygen atoms in total. The van der Waals surface area contributed by atoms with Crippen molar-refractivity contribution < 1.29 is 14.3 Å². The highest BCUT2D eigenvalue weighted by Gasteiger charge is 2.16. The molecule has 3 aromatic rings. The second-order valence-electron chi connectivity index (χ2n) is 5.73. The average molecular weight is 392 g/mol. The molecule has 26 heavy (non-hydrogen) atoms. The monoisotopic (exact) mass is 391 g/mol. The third-order valence-electron chi connectivity index (χ3n) is 3.65. The Labute approximate surface area is 160 Å². The van der Waals surface area contributed by atoms with Gasteiger partial charge in [-0.2, -0.15) is 0 Å². The minimum absolute atomic E-state index is 0.0905. The van der Waals surface area contributed by atoms with Gasteiger partial charge in [0.2, 0.25) is 5.88 Å². The Morgan fingerprint density at radius 3 is 2.81 bits per heavy atom. The second kappa shape index (κ2) is 8.44. The fourth-order valence-corrected chi connectivity index (χ4v) is 3.57. The molecule has 8 heteroatoms. The van der Waals surface area contributed by atoms with Crippen molar-refractivity contribution in [2.45, 2.75) is 13.0 Å². The number of hydrogen-bond donors (Lipinski definition) is 1. The SMILES string of the molecule is COC[C@@H](C)NC(=O)COc1ncnc2scc(-c3ccc(Cl)cc3)c12. The predicted molar refractivity (Wildman–Crippen MR) is 103 cm³/mol. The smallest absolute Gasteiger partial charge is 0.258 e. The molecule has 0 spiro atoms. The first-order chi connectivity index (χ1) is 12.6. The van der Waals surface area contributed by atoms with Gasteiger partial charge in [-0.15, -0.1) is 11.3 Å². The molecule has 3 rings (SSSR count). The lowest BCUT2D eigenvalue weighted by Gasteiger charge is -2.13. The number of halogens is 1. The van der Waals surface area contributed by atoms with E-state index in [0.29, 0.717) is 17.5 Å². The Morgan fingerprint density at radius 1 is 1.31 bits per heavy atom. The van der Waals surface area contributed by atoms with E-state index in [-0.39, 0.29) is 18.6 Å². The molecule has 0 aliphatic carbocycles. The summed E-state index contributed by atoms with van der Waals surface area (Å²) in [5, 5.41) is 6.26. The van der Waals surface area contributed by atoms with Crippen LogP contribution < -0.4 is 10.1 Å². The third-order valence-corrected chi connectivity index (χ3v) is 4.79. The van der Waals surface area contributed by atoms with Crippen LogP contribution in [-0.2, 0) is 9.53 Å². The fraction of sp³-hybridized carbons (Fsp3) is 0.278. The lowest BCUT2D eigenvalue weighted by Crippen LogP contribution is -2.38. The standard InChI is InChI=1S/C18H18ClN3O3S/c1-11(7-24-2)22-15(23)8-25-17-16-14(9-26-18(16)21-10-20-17)12-3-5-13(19)6-4-12/h3-6,9-11H,7-8H2,1-2H3,(H,22,23)/t11-/m1/s1. The summed E-state index contributed by atoms with van der Waals surface area (Å²) in [5.41, 5.74) is 1.93. The highest BCUT2D eigenvalue weighted by Crippen LogP contribution is 2.37. The van der Waals surface area contributed by atoms with E-state index in [2.05, 4.69) is 15.3 Å². The topological polar surface area (TPSA) is 73.3 Å². The zero-order valence-corrected chi connectivity index (χ0v) is 15.9. The van der Waals surface area contributed by atoms with E-state index in [1.165, 1.54) is 17.7 Å². The van der Waals surface area contributed by atoms with Crippen LogP contribution in [0.4, 0.5) is 0 Å². The van der Waals surface area contributed by atoms with Gasteiger partial charge in [0.25, 0.3) is 5.91 Å². The molecule has 136 valence electrons. The first kappa shape index (κ1) is 18.6. The molecule has 0 saturated carbocycles. The minimum atomic E-state index is -0.232. The van der Waals surface area contributed by atoms with Crippen molar-refractivity contribution in [3.8, 4) is 17.0 Å². The fourth-order valence-electron chi connectivity index (χ4n) is 2.54. The molecular formula is C18H18ClN3O3S. The molecule has 0 fully saturated rings. The maximum atomic E-state index is 12.0. The number of amides is 1. The van der Waals surface area contributed by atoms with E-state index in [1.807, 2.05) is 36.6 Å². The molecule has 0 bridgehead atoms. The van der Waals surface area contributed by atoms with E-state index >= 15 is 0 Å². The average Bonchev–Trinajstić information content (AvgIpc) is 3.05. The normalized spacial score (nSPS) is 12.1. The zero-order valence-electron chi connectivity index (χ0n) is 14.4. The number of fused-ring (bicyclic) bond motifs is 1. The Morgan fingerprint density at radius 2 is 2.08 bits per heavy atom. The van der Waals surface area contributed by atoms with Crippen LogP contribution in [0.3, 0.4) is 0 Å². The molecule has 0 radical (unpaired) electrons. The van der Waals surface area contributed by atoms with Crippen LogP contribution in [0.1, 0.15) is 6.92 Å². The van der Waals surface area contributed by atoms with Crippen molar-refractivity contribution in [1.29, 1.82) is 0 Å². The van der Waals surface area contributed by atoms with Gasteiger partial charge in [-0.3, -0.25) is 4.79 Å². The molecule has 1 aromatic carbocycles. The van der Waals surface area contributed by atoms with Crippen LogP contribution >= 0.6 is 22.9 Å². The third kappa shape index (κ3) is 4.30.